The molecule has 0 aromatic carbocycles. The van der Waals surface area contributed by atoms with Crippen molar-refractivity contribution in [2.45, 2.75) is 25.2 Å². The van der Waals surface area contributed by atoms with Crippen LogP contribution in [0.25, 0.3) is 0 Å². The molecule has 0 rings (SSSR count). The fourth-order valence-electron chi connectivity index (χ4n) is 0.905. The number of allylic oxidation sites excluding steroid dienone is 1. The van der Waals surface area contributed by atoms with E-state index in [-0.39, 0.29) is 16.1 Å². The maximum atomic E-state index is 5.48. The first kappa shape index (κ1) is 12.8. The molecule has 0 aliphatic rings. The van der Waals surface area contributed by atoms with E-state index in [4.69, 9.17) is 13.9 Å². The topological polar surface area (TPSA) is 27.7 Å². The summed E-state index contributed by atoms with van der Waals surface area (Å²) in [5, 5.41) is 0. The Kier molecular flexibility index (Phi) is 9.80. The van der Waals surface area contributed by atoms with Crippen molar-refractivity contribution in [1.82, 2.24) is 0 Å². The number of rotatable bonds is 9. The minimum atomic E-state index is -0.378. The van der Waals surface area contributed by atoms with Crippen LogP contribution < -0.4 is 0 Å². The Hall–Kier alpha value is -0.163. The van der Waals surface area contributed by atoms with Gasteiger partial charge in [0, 0.05) is 14.2 Å². The predicted octanol–water partition coefficient (Wildman–Crippen LogP) is 1.09. The summed E-state index contributed by atoms with van der Waals surface area (Å²) < 4.78 is 15.5. The standard InChI is InChI=1S/C9H20O3Si/c1-4-5-6-7-13-12-8-9(10-2)11-3/h4,9H,1,5-8,13H2,2-3H3. The molecule has 4 heteroatoms. The zero-order valence-corrected chi connectivity index (χ0v) is 10.0. The molecule has 0 aliphatic heterocycles. The van der Waals surface area contributed by atoms with Crippen LogP contribution in [0.1, 0.15) is 12.8 Å². The second-order valence-electron chi connectivity index (χ2n) is 2.76. The van der Waals surface area contributed by atoms with Gasteiger partial charge in [0.25, 0.3) is 0 Å². The fourth-order valence-corrected chi connectivity index (χ4v) is 1.96. The normalized spacial score (nSPS) is 11.6. The quantitative estimate of drug-likeness (QED) is 0.243. The van der Waals surface area contributed by atoms with Gasteiger partial charge in [-0.15, -0.1) is 6.58 Å². The summed E-state index contributed by atoms with van der Waals surface area (Å²) in [5.74, 6) is 0. The first-order valence-corrected chi connectivity index (χ1v) is 6.17. The number of hydrogen-bond acceptors (Lipinski definition) is 3. The molecule has 0 unspecified atom stereocenters. The molecule has 0 spiro atoms. The molecule has 0 amide bonds. The minimum absolute atomic E-state index is 0.202. The van der Waals surface area contributed by atoms with Gasteiger partial charge in [0.2, 0.25) is 0 Å². The molecular formula is C9H20O3Si. The molecule has 0 saturated carbocycles. The Morgan fingerprint density at radius 2 is 2.08 bits per heavy atom. The zero-order valence-electron chi connectivity index (χ0n) is 8.62. The van der Waals surface area contributed by atoms with E-state index in [9.17, 15) is 0 Å². The van der Waals surface area contributed by atoms with Crippen molar-refractivity contribution in [3.8, 4) is 0 Å². The first-order valence-electron chi connectivity index (χ1n) is 4.59. The van der Waals surface area contributed by atoms with Crippen LogP contribution in [0.15, 0.2) is 12.7 Å². The van der Waals surface area contributed by atoms with Crippen molar-refractivity contribution in [2.24, 2.45) is 0 Å². The minimum Gasteiger partial charge on any atom is -0.419 e. The Labute approximate surface area is 83.0 Å². The number of ether oxygens (including phenoxy) is 2. The Balaban J connectivity index is 3.09. The van der Waals surface area contributed by atoms with Crippen LogP contribution in [0.5, 0.6) is 0 Å². The molecular weight excluding hydrogens is 184 g/mol. The Morgan fingerprint density at radius 3 is 2.62 bits per heavy atom. The fraction of sp³-hybridized carbons (Fsp3) is 0.778. The number of hydrogen-bond donors (Lipinski definition) is 0. The van der Waals surface area contributed by atoms with Gasteiger partial charge in [-0.05, 0) is 12.5 Å². The molecule has 0 N–H and O–H groups in total. The van der Waals surface area contributed by atoms with E-state index < -0.39 is 0 Å². The summed E-state index contributed by atoms with van der Waals surface area (Å²) in [6, 6.07) is 1.20. The second-order valence-corrected chi connectivity index (χ2v) is 4.28. The maximum Gasteiger partial charge on any atom is 0.178 e. The van der Waals surface area contributed by atoms with Crippen molar-refractivity contribution in [3.63, 3.8) is 0 Å². The lowest BCUT2D eigenvalue weighted by molar-refractivity contribution is -0.121. The lowest BCUT2D eigenvalue weighted by Crippen LogP contribution is -2.21. The van der Waals surface area contributed by atoms with Crippen LogP contribution in [0.3, 0.4) is 0 Å². The largest absolute Gasteiger partial charge is 0.419 e. The average Bonchev–Trinajstić information content (AvgIpc) is 2.17. The molecule has 3 nitrogen and oxygen atoms in total. The highest BCUT2D eigenvalue weighted by Gasteiger charge is 2.03. The summed E-state index contributed by atoms with van der Waals surface area (Å²) in [6.45, 7) is 4.23. The van der Waals surface area contributed by atoms with Crippen molar-refractivity contribution in [3.05, 3.63) is 12.7 Å². The maximum absolute atomic E-state index is 5.48. The molecule has 0 radical (unpaired) electrons. The number of methoxy groups -OCH3 is 2. The van der Waals surface area contributed by atoms with Crippen LogP contribution in [-0.2, 0) is 13.9 Å². The average molecular weight is 204 g/mol. The molecule has 78 valence electrons. The molecule has 0 bridgehead atoms. The molecule has 0 aromatic rings. The van der Waals surface area contributed by atoms with Gasteiger partial charge in [0.1, 0.15) is 0 Å². The van der Waals surface area contributed by atoms with Gasteiger partial charge < -0.3 is 13.9 Å². The highest BCUT2D eigenvalue weighted by Crippen LogP contribution is 1.97. The molecule has 0 fully saturated rings. The van der Waals surface area contributed by atoms with E-state index in [2.05, 4.69) is 6.58 Å². The summed E-state index contributed by atoms with van der Waals surface area (Å²) in [6.07, 6.45) is 4.03. The van der Waals surface area contributed by atoms with Crippen LogP contribution in [-0.4, -0.2) is 36.9 Å². The van der Waals surface area contributed by atoms with Gasteiger partial charge in [0.15, 0.2) is 16.1 Å². The Morgan fingerprint density at radius 1 is 1.38 bits per heavy atom. The molecule has 0 saturated heterocycles. The lowest BCUT2D eigenvalue weighted by atomic mass is 10.3. The molecule has 0 aliphatic carbocycles. The van der Waals surface area contributed by atoms with Crippen LogP contribution in [0.2, 0.25) is 6.04 Å². The van der Waals surface area contributed by atoms with E-state index in [1.54, 1.807) is 14.2 Å². The molecule has 0 aromatic heterocycles. The highest BCUT2D eigenvalue weighted by atomic mass is 28.2. The van der Waals surface area contributed by atoms with Gasteiger partial charge in [-0.3, -0.25) is 0 Å². The third-order valence-corrected chi connectivity index (χ3v) is 3.04. The van der Waals surface area contributed by atoms with Crippen molar-refractivity contribution in [1.29, 1.82) is 0 Å². The summed E-state index contributed by atoms with van der Waals surface area (Å²) in [4.78, 5) is 0. The van der Waals surface area contributed by atoms with Gasteiger partial charge in [0.05, 0.1) is 6.61 Å². The first-order chi connectivity index (χ1) is 6.35. The van der Waals surface area contributed by atoms with Crippen molar-refractivity contribution in [2.75, 3.05) is 20.8 Å². The third-order valence-electron chi connectivity index (χ3n) is 1.73. The van der Waals surface area contributed by atoms with Crippen LogP contribution >= 0.6 is 0 Å². The van der Waals surface area contributed by atoms with Gasteiger partial charge in [-0.1, -0.05) is 12.5 Å². The highest BCUT2D eigenvalue weighted by molar-refractivity contribution is 6.26. The lowest BCUT2D eigenvalue weighted by Gasteiger charge is -2.13. The van der Waals surface area contributed by atoms with E-state index in [0.717, 1.165) is 6.42 Å². The Bertz CT molecular complexity index is 115. The predicted molar refractivity (Wildman–Crippen MR) is 56.5 cm³/mol. The third kappa shape index (κ3) is 8.17. The van der Waals surface area contributed by atoms with E-state index in [0.29, 0.717) is 6.61 Å². The zero-order chi connectivity index (χ0) is 9.94. The van der Waals surface area contributed by atoms with Crippen LogP contribution in [0.4, 0.5) is 0 Å². The van der Waals surface area contributed by atoms with E-state index in [1.165, 1.54) is 12.5 Å². The molecule has 0 atom stereocenters. The van der Waals surface area contributed by atoms with Gasteiger partial charge >= 0.3 is 0 Å². The SMILES string of the molecule is C=CCCC[SiH2]OCC(OC)OC. The summed E-state index contributed by atoms with van der Waals surface area (Å²) in [7, 11) is 2.87. The molecule has 0 heterocycles. The van der Waals surface area contributed by atoms with Crippen molar-refractivity contribution >= 4 is 9.76 Å². The monoisotopic (exact) mass is 204 g/mol. The summed E-state index contributed by atoms with van der Waals surface area (Å²) >= 11 is 0. The van der Waals surface area contributed by atoms with Crippen LogP contribution in [0, 0.1) is 0 Å². The van der Waals surface area contributed by atoms with Crippen molar-refractivity contribution < 1.29 is 13.9 Å². The van der Waals surface area contributed by atoms with E-state index in [1.807, 2.05) is 6.08 Å². The smallest absolute Gasteiger partial charge is 0.178 e. The van der Waals surface area contributed by atoms with E-state index >= 15 is 0 Å². The summed E-state index contributed by atoms with van der Waals surface area (Å²) in [5.41, 5.74) is 0. The molecule has 13 heavy (non-hydrogen) atoms. The van der Waals surface area contributed by atoms with Gasteiger partial charge in [-0.2, -0.15) is 0 Å². The second kappa shape index (κ2) is 9.92. The van der Waals surface area contributed by atoms with Gasteiger partial charge in [-0.25, -0.2) is 0 Å². The number of unbranched alkanes of at least 4 members (excludes halogenated alkanes) is 1.